The van der Waals surface area contributed by atoms with Crippen LogP contribution in [0.15, 0.2) is 30.5 Å². The molecule has 0 atom stereocenters. The minimum Gasteiger partial charge on any atom is -0.493 e. The number of hydrogen-bond donors (Lipinski definition) is 0. The van der Waals surface area contributed by atoms with Crippen molar-refractivity contribution in [3.8, 4) is 17.0 Å². The molecule has 1 aliphatic heterocycles. The maximum absolute atomic E-state index is 6.27. The van der Waals surface area contributed by atoms with E-state index in [0.717, 1.165) is 65.6 Å². The molecule has 0 spiro atoms. The first kappa shape index (κ1) is 23.0. The van der Waals surface area contributed by atoms with Gasteiger partial charge in [-0.15, -0.1) is 0 Å². The lowest BCUT2D eigenvalue weighted by Gasteiger charge is -2.30. The second kappa shape index (κ2) is 10.6. The lowest BCUT2D eigenvalue weighted by Crippen LogP contribution is -2.33. The molecule has 0 N–H and O–H groups in total. The third kappa shape index (κ3) is 5.25. The molecule has 1 aromatic carbocycles. The molecule has 1 saturated heterocycles. The molecule has 3 aromatic rings. The molecule has 0 radical (unpaired) electrons. The van der Waals surface area contributed by atoms with E-state index in [1.165, 1.54) is 25.9 Å². The van der Waals surface area contributed by atoms with Crippen LogP contribution in [0.4, 0.5) is 0 Å². The zero-order valence-corrected chi connectivity index (χ0v) is 20.1. The Labute approximate surface area is 195 Å². The van der Waals surface area contributed by atoms with Crippen molar-refractivity contribution in [2.45, 2.75) is 39.7 Å². The van der Waals surface area contributed by atoms with Gasteiger partial charge in [-0.2, -0.15) is 4.98 Å². The Morgan fingerprint density at radius 2 is 1.94 bits per heavy atom. The maximum Gasteiger partial charge on any atom is 0.224 e. The van der Waals surface area contributed by atoms with Crippen LogP contribution in [0.3, 0.4) is 0 Å². The smallest absolute Gasteiger partial charge is 0.224 e. The first-order chi connectivity index (χ1) is 15.6. The Hall–Kier alpha value is -2.15. The van der Waals surface area contributed by atoms with E-state index < -0.39 is 0 Å². The number of likely N-dealkylation sites (tertiary alicyclic amines) is 1. The fraction of sp³-hybridized carbons (Fsp3) is 0.520. The van der Waals surface area contributed by atoms with E-state index in [1.54, 1.807) is 7.11 Å². The minimum absolute atomic E-state index is 0.247. The van der Waals surface area contributed by atoms with Crippen LogP contribution in [0, 0.1) is 12.8 Å². The van der Waals surface area contributed by atoms with E-state index in [-0.39, 0.29) is 5.28 Å². The lowest BCUT2D eigenvalue weighted by molar-refractivity contribution is 0.169. The summed E-state index contributed by atoms with van der Waals surface area (Å²) in [5, 5.41) is 1.23. The Morgan fingerprint density at radius 1 is 1.12 bits per heavy atom. The van der Waals surface area contributed by atoms with Gasteiger partial charge >= 0.3 is 0 Å². The standard InChI is InChI=1S/C25H33ClN4O2/c1-4-29-11-7-19(8-12-29)10-15-32-22-6-5-20(17-18(22)2)23-21-9-13-30(14-16-31-3)24(21)28-25(26)27-23/h5-6,9,13,17,19H,4,7-8,10-12,14-16H2,1-3H3. The van der Waals surface area contributed by atoms with Crippen LogP contribution in [0.5, 0.6) is 5.75 Å². The predicted molar refractivity (Wildman–Crippen MR) is 130 cm³/mol. The van der Waals surface area contributed by atoms with Crippen molar-refractivity contribution in [2.75, 3.05) is 40.0 Å². The normalized spacial score (nSPS) is 15.5. The lowest BCUT2D eigenvalue weighted by atomic mass is 9.94. The second-order valence-corrected chi connectivity index (χ2v) is 8.91. The van der Waals surface area contributed by atoms with E-state index in [4.69, 9.17) is 21.1 Å². The van der Waals surface area contributed by atoms with Crippen LogP contribution in [0.1, 0.15) is 31.7 Å². The summed E-state index contributed by atoms with van der Waals surface area (Å²) < 4.78 is 13.4. The van der Waals surface area contributed by atoms with Gasteiger partial charge in [0.15, 0.2) is 0 Å². The summed E-state index contributed by atoms with van der Waals surface area (Å²) in [5.41, 5.74) is 3.78. The van der Waals surface area contributed by atoms with Crippen molar-refractivity contribution in [1.82, 2.24) is 19.4 Å². The third-order valence-electron chi connectivity index (χ3n) is 6.51. The summed E-state index contributed by atoms with van der Waals surface area (Å²) in [5.74, 6) is 1.71. The van der Waals surface area contributed by atoms with Gasteiger partial charge in [-0.3, -0.25) is 0 Å². The first-order valence-corrected chi connectivity index (χ1v) is 11.9. The zero-order valence-electron chi connectivity index (χ0n) is 19.3. The fourth-order valence-corrected chi connectivity index (χ4v) is 4.68. The number of piperidine rings is 1. The minimum atomic E-state index is 0.247. The van der Waals surface area contributed by atoms with Gasteiger partial charge in [0.05, 0.1) is 18.9 Å². The number of methoxy groups -OCH3 is 1. The molecular formula is C25H33ClN4O2. The van der Waals surface area contributed by atoms with Crippen LogP contribution in [0.25, 0.3) is 22.3 Å². The zero-order chi connectivity index (χ0) is 22.5. The molecular weight excluding hydrogens is 424 g/mol. The van der Waals surface area contributed by atoms with Crippen LogP contribution in [-0.4, -0.2) is 59.4 Å². The number of halogens is 1. The number of aryl methyl sites for hydroxylation is 1. The van der Waals surface area contributed by atoms with E-state index in [9.17, 15) is 0 Å². The Kier molecular flexibility index (Phi) is 7.66. The van der Waals surface area contributed by atoms with Gasteiger partial charge in [-0.05, 0) is 93.2 Å². The van der Waals surface area contributed by atoms with Gasteiger partial charge < -0.3 is 18.9 Å². The molecule has 4 rings (SSSR count). The number of hydrogen-bond acceptors (Lipinski definition) is 5. The summed E-state index contributed by atoms with van der Waals surface area (Å²) in [6.45, 7) is 10.0. The average molecular weight is 457 g/mol. The molecule has 7 heteroatoms. The van der Waals surface area contributed by atoms with Crippen LogP contribution in [0.2, 0.25) is 5.28 Å². The highest BCUT2D eigenvalue weighted by Gasteiger charge is 2.18. The van der Waals surface area contributed by atoms with Crippen molar-refractivity contribution >= 4 is 22.6 Å². The monoisotopic (exact) mass is 456 g/mol. The molecule has 0 unspecified atom stereocenters. The molecule has 6 nitrogen and oxygen atoms in total. The maximum atomic E-state index is 6.27. The molecule has 3 heterocycles. The number of ether oxygens (including phenoxy) is 2. The van der Waals surface area contributed by atoms with Crippen LogP contribution < -0.4 is 4.74 Å². The van der Waals surface area contributed by atoms with Crippen molar-refractivity contribution in [3.63, 3.8) is 0 Å². The molecule has 2 aromatic heterocycles. The summed E-state index contributed by atoms with van der Waals surface area (Å²) in [4.78, 5) is 11.5. The largest absolute Gasteiger partial charge is 0.493 e. The molecule has 32 heavy (non-hydrogen) atoms. The number of aromatic nitrogens is 3. The van der Waals surface area contributed by atoms with Gasteiger partial charge in [0, 0.05) is 30.8 Å². The van der Waals surface area contributed by atoms with Crippen molar-refractivity contribution in [1.29, 1.82) is 0 Å². The van der Waals surface area contributed by atoms with Crippen molar-refractivity contribution in [3.05, 3.63) is 41.3 Å². The molecule has 0 aliphatic carbocycles. The topological polar surface area (TPSA) is 52.4 Å². The van der Waals surface area contributed by atoms with E-state index in [2.05, 4.69) is 40.8 Å². The average Bonchev–Trinajstić information content (AvgIpc) is 3.21. The summed E-state index contributed by atoms with van der Waals surface area (Å²) >= 11 is 6.27. The fourth-order valence-electron chi connectivity index (χ4n) is 4.51. The molecule has 0 bridgehead atoms. The van der Waals surface area contributed by atoms with Crippen molar-refractivity contribution in [2.24, 2.45) is 5.92 Å². The SMILES string of the molecule is CCN1CCC(CCOc2ccc(-c3nc(Cl)nc4c3ccn4CCOC)cc2C)CC1. The van der Waals surface area contributed by atoms with Gasteiger partial charge in [-0.1, -0.05) is 6.92 Å². The summed E-state index contributed by atoms with van der Waals surface area (Å²) in [6.07, 6.45) is 5.69. The number of nitrogens with zero attached hydrogens (tertiary/aromatic N) is 4. The van der Waals surface area contributed by atoms with E-state index in [1.807, 2.05) is 22.9 Å². The van der Waals surface area contributed by atoms with Crippen LogP contribution >= 0.6 is 11.6 Å². The Morgan fingerprint density at radius 3 is 2.66 bits per heavy atom. The highest BCUT2D eigenvalue weighted by Crippen LogP contribution is 2.31. The molecule has 172 valence electrons. The highest BCUT2D eigenvalue weighted by molar-refractivity contribution is 6.28. The van der Waals surface area contributed by atoms with E-state index in [0.29, 0.717) is 6.61 Å². The first-order valence-electron chi connectivity index (χ1n) is 11.6. The number of fused-ring (bicyclic) bond motifs is 1. The number of rotatable bonds is 9. The van der Waals surface area contributed by atoms with E-state index >= 15 is 0 Å². The Bertz CT molecular complexity index is 1040. The third-order valence-corrected chi connectivity index (χ3v) is 6.68. The molecule has 0 amide bonds. The van der Waals surface area contributed by atoms with Crippen LogP contribution in [-0.2, 0) is 11.3 Å². The second-order valence-electron chi connectivity index (χ2n) is 8.58. The van der Waals surface area contributed by atoms with Gasteiger partial charge in [0.1, 0.15) is 11.4 Å². The van der Waals surface area contributed by atoms with Gasteiger partial charge in [0.2, 0.25) is 5.28 Å². The summed E-state index contributed by atoms with van der Waals surface area (Å²) in [6, 6.07) is 8.28. The summed E-state index contributed by atoms with van der Waals surface area (Å²) in [7, 11) is 1.69. The number of benzene rings is 1. The molecule has 1 aliphatic rings. The Balaban J connectivity index is 1.45. The molecule has 1 fully saturated rings. The quantitative estimate of drug-likeness (QED) is 0.414. The van der Waals surface area contributed by atoms with Gasteiger partial charge in [0.25, 0.3) is 0 Å². The highest BCUT2D eigenvalue weighted by atomic mass is 35.5. The predicted octanol–water partition coefficient (Wildman–Crippen LogP) is 5.21. The van der Waals surface area contributed by atoms with Gasteiger partial charge in [-0.25, -0.2) is 4.98 Å². The van der Waals surface area contributed by atoms with Crippen molar-refractivity contribution < 1.29 is 9.47 Å². The molecule has 0 saturated carbocycles.